The van der Waals surface area contributed by atoms with Crippen molar-refractivity contribution >= 4 is 0 Å². The summed E-state index contributed by atoms with van der Waals surface area (Å²) < 4.78 is 0. The van der Waals surface area contributed by atoms with E-state index in [0.717, 1.165) is 11.8 Å². The molecule has 1 rings (SSSR count). The van der Waals surface area contributed by atoms with Crippen LogP contribution in [0, 0.1) is 24.2 Å². The van der Waals surface area contributed by atoms with Gasteiger partial charge in [-0.25, -0.2) is 0 Å². The lowest BCUT2D eigenvalue weighted by Crippen LogP contribution is -2.50. The highest BCUT2D eigenvalue weighted by atomic mass is 15.0. The molecule has 0 aromatic heterocycles. The molecule has 1 aliphatic rings. The van der Waals surface area contributed by atoms with Crippen LogP contribution in [0.4, 0.5) is 0 Å². The average Bonchev–Trinajstić information content (AvgIpc) is 2.03. The van der Waals surface area contributed by atoms with Gasteiger partial charge >= 0.3 is 0 Å². The van der Waals surface area contributed by atoms with Gasteiger partial charge in [-0.05, 0) is 25.2 Å². The normalized spacial score (nSPS) is 38.9. The first-order valence-electron chi connectivity index (χ1n) is 4.37. The molecule has 0 aliphatic heterocycles. The molecule has 1 N–H and O–H groups in total. The first-order valence-corrected chi connectivity index (χ1v) is 4.37. The van der Waals surface area contributed by atoms with Crippen molar-refractivity contribution in [3.05, 3.63) is 0 Å². The smallest absolute Gasteiger partial charge is 0.0660 e. The van der Waals surface area contributed by atoms with E-state index in [9.17, 15) is 0 Å². The third-order valence-corrected chi connectivity index (χ3v) is 2.87. The van der Waals surface area contributed by atoms with Crippen LogP contribution in [-0.2, 0) is 0 Å². The molecule has 0 aromatic carbocycles. The second-order valence-corrected chi connectivity index (χ2v) is 3.73. The van der Waals surface area contributed by atoms with Crippen LogP contribution in [0.25, 0.3) is 0 Å². The number of nitrogens with one attached hydrogen (secondary N) is 1. The molecule has 0 aromatic rings. The zero-order valence-electron chi connectivity index (χ0n) is 7.59. The van der Waals surface area contributed by atoms with Crippen molar-refractivity contribution < 1.29 is 0 Å². The highest BCUT2D eigenvalue weighted by Crippen LogP contribution is 2.33. The molecule has 0 heterocycles. The van der Waals surface area contributed by atoms with E-state index in [2.05, 4.69) is 25.1 Å². The Morgan fingerprint density at radius 3 is 2.55 bits per heavy atom. The van der Waals surface area contributed by atoms with Gasteiger partial charge in [-0.2, -0.15) is 0 Å². The van der Waals surface area contributed by atoms with Crippen molar-refractivity contribution in [1.82, 2.24) is 5.32 Å². The summed E-state index contributed by atoms with van der Waals surface area (Å²) in [5.74, 6) is 4.36. The molecule has 0 amide bonds. The van der Waals surface area contributed by atoms with Gasteiger partial charge in [0.2, 0.25) is 0 Å². The fourth-order valence-corrected chi connectivity index (χ4v) is 1.62. The predicted molar refractivity (Wildman–Crippen MR) is 48.2 cm³/mol. The Hall–Kier alpha value is -0.480. The monoisotopic (exact) mass is 151 g/mol. The van der Waals surface area contributed by atoms with Gasteiger partial charge in [0.05, 0.1) is 6.04 Å². The van der Waals surface area contributed by atoms with E-state index < -0.39 is 0 Å². The van der Waals surface area contributed by atoms with E-state index in [1.54, 1.807) is 0 Å². The van der Waals surface area contributed by atoms with Gasteiger partial charge in [0.1, 0.15) is 0 Å². The number of hydrogen-bond donors (Lipinski definition) is 1. The summed E-state index contributed by atoms with van der Waals surface area (Å²) in [4.78, 5) is 0. The minimum atomic E-state index is 0.231. The van der Waals surface area contributed by atoms with E-state index in [1.165, 1.54) is 6.42 Å². The maximum Gasteiger partial charge on any atom is 0.0660 e. The summed E-state index contributed by atoms with van der Waals surface area (Å²) in [5.41, 5.74) is 0. The highest BCUT2D eigenvalue weighted by Gasteiger charge is 2.34. The van der Waals surface area contributed by atoms with Crippen LogP contribution < -0.4 is 5.32 Å². The first kappa shape index (κ1) is 8.62. The summed E-state index contributed by atoms with van der Waals surface area (Å²) in [6.45, 7) is 6.62. The Balaban J connectivity index is 2.26. The van der Waals surface area contributed by atoms with Gasteiger partial charge in [-0.3, -0.25) is 0 Å². The molecule has 0 radical (unpaired) electrons. The zero-order chi connectivity index (χ0) is 8.43. The van der Waals surface area contributed by atoms with Gasteiger partial charge < -0.3 is 5.32 Å². The van der Waals surface area contributed by atoms with Crippen molar-refractivity contribution in [1.29, 1.82) is 0 Å². The van der Waals surface area contributed by atoms with E-state index in [1.807, 2.05) is 6.92 Å². The standard InChI is InChI=1S/C10H17N/c1-5-8(3)11-10-6-7(2)9(10)4/h1,7-11H,6H2,2-4H3. The molecule has 1 heteroatoms. The topological polar surface area (TPSA) is 12.0 Å². The Morgan fingerprint density at radius 1 is 1.55 bits per heavy atom. The lowest BCUT2D eigenvalue weighted by atomic mass is 9.71. The molecular formula is C10H17N. The van der Waals surface area contributed by atoms with E-state index in [4.69, 9.17) is 6.42 Å². The molecule has 4 atom stereocenters. The van der Waals surface area contributed by atoms with E-state index in [0.29, 0.717) is 6.04 Å². The quantitative estimate of drug-likeness (QED) is 0.592. The largest absolute Gasteiger partial charge is 0.301 e. The molecule has 11 heavy (non-hydrogen) atoms. The van der Waals surface area contributed by atoms with Gasteiger partial charge in [-0.15, -0.1) is 6.42 Å². The molecule has 4 unspecified atom stereocenters. The molecule has 0 bridgehead atoms. The van der Waals surface area contributed by atoms with E-state index >= 15 is 0 Å². The Labute approximate surface area is 69.6 Å². The summed E-state index contributed by atoms with van der Waals surface area (Å²) in [6.07, 6.45) is 6.55. The van der Waals surface area contributed by atoms with Crippen molar-refractivity contribution in [3.8, 4) is 12.3 Å². The highest BCUT2D eigenvalue weighted by molar-refractivity contribution is 5.00. The van der Waals surface area contributed by atoms with Crippen LogP contribution in [0.15, 0.2) is 0 Å². The van der Waals surface area contributed by atoms with E-state index in [-0.39, 0.29) is 6.04 Å². The molecule has 1 aliphatic carbocycles. The van der Waals surface area contributed by atoms with Gasteiger partial charge in [0, 0.05) is 6.04 Å². The molecule has 1 fully saturated rings. The van der Waals surface area contributed by atoms with Crippen LogP contribution >= 0.6 is 0 Å². The van der Waals surface area contributed by atoms with Gasteiger partial charge in [0.15, 0.2) is 0 Å². The second-order valence-electron chi connectivity index (χ2n) is 3.73. The average molecular weight is 151 g/mol. The Morgan fingerprint density at radius 2 is 2.18 bits per heavy atom. The third-order valence-electron chi connectivity index (χ3n) is 2.87. The summed E-state index contributed by atoms with van der Waals surface area (Å²) in [7, 11) is 0. The number of rotatable bonds is 2. The molecule has 0 saturated heterocycles. The SMILES string of the molecule is C#CC(C)NC1CC(C)C1C. The van der Waals surface area contributed by atoms with Gasteiger partial charge in [0.25, 0.3) is 0 Å². The van der Waals surface area contributed by atoms with Crippen molar-refractivity contribution in [3.63, 3.8) is 0 Å². The minimum absolute atomic E-state index is 0.231. The van der Waals surface area contributed by atoms with Crippen molar-refractivity contribution in [2.45, 2.75) is 39.3 Å². The number of terminal acetylenes is 1. The first-order chi connectivity index (χ1) is 5.15. The minimum Gasteiger partial charge on any atom is -0.301 e. The maximum atomic E-state index is 5.27. The lowest BCUT2D eigenvalue weighted by molar-refractivity contribution is 0.134. The van der Waals surface area contributed by atoms with Crippen molar-refractivity contribution in [2.24, 2.45) is 11.8 Å². The Bertz CT molecular complexity index is 168. The summed E-state index contributed by atoms with van der Waals surface area (Å²) in [5, 5.41) is 3.41. The zero-order valence-corrected chi connectivity index (χ0v) is 7.59. The summed E-state index contributed by atoms with van der Waals surface area (Å²) >= 11 is 0. The van der Waals surface area contributed by atoms with Gasteiger partial charge in [-0.1, -0.05) is 19.8 Å². The lowest BCUT2D eigenvalue weighted by Gasteiger charge is -2.42. The molecular weight excluding hydrogens is 134 g/mol. The number of hydrogen-bond acceptors (Lipinski definition) is 1. The van der Waals surface area contributed by atoms with Crippen LogP contribution in [0.5, 0.6) is 0 Å². The molecule has 0 spiro atoms. The fourth-order valence-electron chi connectivity index (χ4n) is 1.62. The third kappa shape index (κ3) is 1.75. The summed E-state index contributed by atoms with van der Waals surface area (Å²) in [6, 6.07) is 0.894. The maximum absolute atomic E-state index is 5.27. The van der Waals surface area contributed by atoms with Crippen LogP contribution in [0.3, 0.4) is 0 Å². The Kier molecular flexibility index (Phi) is 2.57. The fraction of sp³-hybridized carbons (Fsp3) is 0.800. The predicted octanol–water partition coefficient (Wildman–Crippen LogP) is 1.64. The molecule has 62 valence electrons. The van der Waals surface area contributed by atoms with Crippen LogP contribution in [0.2, 0.25) is 0 Å². The van der Waals surface area contributed by atoms with Crippen molar-refractivity contribution in [2.75, 3.05) is 0 Å². The van der Waals surface area contributed by atoms with Crippen LogP contribution in [-0.4, -0.2) is 12.1 Å². The second kappa shape index (κ2) is 3.28. The molecule has 1 saturated carbocycles. The molecule has 1 nitrogen and oxygen atoms in total. The van der Waals surface area contributed by atoms with Crippen LogP contribution in [0.1, 0.15) is 27.2 Å².